The van der Waals surface area contributed by atoms with E-state index in [1.165, 1.54) is 11.0 Å². The number of carbonyl (C=O) groups excluding carboxylic acids is 1. The van der Waals surface area contributed by atoms with Crippen LogP contribution < -0.4 is 10.9 Å². The van der Waals surface area contributed by atoms with Gasteiger partial charge in [-0.15, -0.1) is 0 Å². The predicted molar refractivity (Wildman–Crippen MR) is 97.1 cm³/mol. The number of nitrogens with zero attached hydrogens (tertiary/aromatic N) is 3. The molecule has 0 aliphatic rings. The average molecular weight is 345 g/mol. The fraction of sp³-hybridized carbons (Fsp3) is 0.0526. The Morgan fingerprint density at radius 2 is 1.73 bits per heavy atom. The smallest absolute Gasteiger partial charge is 0.272 e. The number of carbonyl (C=O) groups is 1. The van der Waals surface area contributed by atoms with E-state index >= 15 is 0 Å². The zero-order valence-corrected chi connectivity index (χ0v) is 13.7. The van der Waals surface area contributed by atoms with Crippen molar-refractivity contribution in [3.05, 3.63) is 88.6 Å². The summed E-state index contributed by atoms with van der Waals surface area (Å²) in [5.41, 5.74) is 1.67. The summed E-state index contributed by atoms with van der Waals surface area (Å²) in [4.78, 5) is 31.7. The van der Waals surface area contributed by atoms with Crippen LogP contribution in [0.1, 0.15) is 16.1 Å². The Balaban J connectivity index is 1.75. The third kappa shape index (κ3) is 2.86. The van der Waals surface area contributed by atoms with Crippen molar-refractivity contribution in [2.24, 2.45) is 0 Å². The summed E-state index contributed by atoms with van der Waals surface area (Å²) >= 11 is 0. The van der Waals surface area contributed by atoms with E-state index in [-0.39, 0.29) is 11.1 Å². The fourth-order valence-corrected chi connectivity index (χ4v) is 2.73. The van der Waals surface area contributed by atoms with Gasteiger partial charge in [0, 0.05) is 6.54 Å². The molecule has 7 heteroatoms. The highest BCUT2D eigenvalue weighted by Crippen LogP contribution is 2.17. The van der Waals surface area contributed by atoms with Gasteiger partial charge in [0.1, 0.15) is 5.39 Å². The Bertz CT molecular complexity index is 1120. The molecule has 4 aromatic rings. The van der Waals surface area contributed by atoms with Gasteiger partial charge in [0.2, 0.25) is 0 Å². The maximum atomic E-state index is 12.7. The van der Waals surface area contributed by atoms with Crippen molar-refractivity contribution < 1.29 is 4.79 Å². The SMILES string of the molecule is O=C(NCc1ccccc1)c1nn(-c2ccccc2)c2nc[nH]c(=O)c12. The number of aromatic amines is 1. The van der Waals surface area contributed by atoms with Crippen molar-refractivity contribution in [3.63, 3.8) is 0 Å². The molecule has 0 radical (unpaired) electrons. The van der Waals surface area contributed by atoms with E-state index in [9.17, 15) is 9.59 Å². The maximum absolute atomic E-state index is 12.7. The molecule has 0 atom stereocenters. The molecule has 0 bridgehead atoms. The van der Waals surface area contributed by atoms with Crippen LogP contribution in [0.5, 0.6) is 0 Å². The van der Waals surface area contributed by atoms with E-state index in [0.717, 1.165) is 11.3 Å². The minimum Gasteiger partial charge on any atom is -0.347 e. The monoisotopic (exact) mass is 345 g/mol. The van der Waals surface area contributed by atoms with Crippen LogP contribution in [0.15, 0.2) is 71.8 Å². The lowest BCUT2D eigenvalue weighted by atomic mass is 10.2. The topological polar surface area (TPSA) is 92.7 Å². The van der Waals surface area contributed by atoms with E-state index in [4.69, 9.17) is 0 Å². The quantitative estimate of drug-likeness (QED) is 0.592. The van der Waals surface area contributed by atoms with Gasteiger partial charge in [0.15, 0.2) is 11.3 Å². The van der Waals surface area contributed by atoms with Gasteiger partial charge in [-0.25, -0.2) is 9.67 Å². The molecule has 2 aromatic carbocycles. The maximum Gasteiger partial charge on any atom is 0.272 e. The number of rotatable bonds is 4. The third-order valence-corrected chi connectivity index (χ3v) is 3.98. The molecule has 0 aliphatic heterocycles. The number of H-pyrrole nitrogens is 1. The minimum absolute atomic E-state index is 0.0501. The molecular formula is C19H15N5O2. The number of nitrogens with one attached hydrogen (secondary N) is 2. The molecular weight excluding hydrogens is 330 g/mol. The second-order valence-electron chi connectivity index (χ2n) is 5.69. The van der Waals surface area contributed by atoms with Gasteiger partial charge in [-0.3, -0.25) is 9.59 Å². The third-order valence-electron chi connectivity index (χ3n) is 3.98. The Labute approximate surface area is 148 Å². The number of hydrogen-bond donors (Lipinski definition) is 2. The Kier molecular flexibility index (Phi) is 4.03. The van der Waals surface area contributed by atoms with Gasteiger partial charge >= 0.3 is 0 Å². The van der Waals surface area contributed by atoms with Crippen molar-refractivity contribution in [2.45, 2.75) is 6.54 Å². The fourth-order valence-electron chi connectivity index (χ4n) is 2.73. The molecule has 0 saturated heterocycles. The lowest BCUT2D eigenvalue weighted by Gasteiger charge is -2.03. The number of hydrogen-bond acceptors (Lipinski definition) is 4. The first kappa shape index (κ1) is 15.8. The van der Waals surface area contributed by atoms with E-state index in [1.807, 2.05) is 60.7 Å². The molecule has 2 aromatic heterocycles. The highest BCUT2D eigenvalue weighted by atomic mass is 16.2. The average Bonchev–Trinajstić information content (AvgIpc) is 3.09. The summed E-state index contributed by atoms with van der Waals surface area (Å²) in [6, 6.07) is 18.8. The number of fused-ring (bicyclic) bond motifs is 1. The van der Waals surface area contributed by atoms with E-state index in [0.29, 0.717) is 12.2 Å². The highest BCUT2D eigenvalue weighted by Gasteiger charge is 2.21. The summed E-state index contributed by atoms with van der Waals surface area (Å²) in [5, 5.41) is 7.33. The van der Waals surface area contributed by atoms with Crippen LogP contribution in [0.3, 0.4) is 0 Å². The van der Waals surface area contributed by atoms with Crippen molar-refractivity contribution in [2.75, 3.05) is 0 Å². The van der Waals surface area contributed by atoms with E-state index < -0.39 is 11.5 Å². The molecule has 1 amide bonds. The molecule has 0 spiro atoms. The second-order valence-corrected chi connectivity index (χ2v) is 5.69. The summed E-state index contributed by atoms with van der Waals surface area (Å²) in [6.45, 7) is 0.345. The molecule has 7 nitrogen and oxygen atoms in total. The predicted octanol–water partition coefficient (Wildman–Crippen LogP) is 2.04. The van der Waals surface area contributed by atoms with Gasteiger partial charge in [-0.05, 0) is 17.7 Å². The lowest BCUT2D eigenvalue weighted by molar-refractivity contribution is 0.0947. The van der Waals surface area contributed by atoms with Crippen molar-refractivity contribution >= 4 is 16.9 Å². The van der Waals surface area contributed by atoms with Gasteiger partial charge in [-0.2, -0.15) is 5.10 Å². The Morgan fingerprint density at radius 1 is 1.04 bits per heavy atom. The lowest BCUT2D eigenvalue weighted by Crippen LogP contribution is -2.24. The van der Waals surface area contributed by atoms with E-state index in [1.54, 1.807) is 0 Å². The van der Waals surface area contributed by atoms with Gasteiger partial charge in [-0.1, -0.05) is 48.5 Å². The number of benzene rings is 2. The molecule has 0 fully saturated rings. The Morgan fingerprint density at radius 3 is 2.46 bits per heavy atom. The summed E-state index contributed by atoms with van der Waals surface area (Å²) in [5.74, 6) is -0.424. The van der Waals surface area contributed by atoms with Crippen molar-refractivity contribution in [1.29, 1.82) is 0 Å². The zero-order valence-electron chi connectivity index (χ0n) is 13.7. The molecule has 26 heavy (non-hydrogen) atoms. The Hall–Kier alpha value is -3.74. The van der Waals surface area contributed by atoms with Crippen LogP contribution in [0.2, 0.25) is 0 Å². The van der Waals surface area contributed by atoms with Crippen LogP contribution in [0, 0.1) is 0 Å². The molecule has 128 valence electrons. The van der Waals surface area contributed by atoms with Crippen LogP contribution in [-0.2, 0) is 6.54 Å². The summed E-state index contributed by atoms with van der Waals surface area (Å²) in [6.07, 6.45) is 1.30. The largest absolute Gasteiger partial charge is 0.347 e. The van der Waals surface area contributed by atoms with E-state index in [2.05, 4.69) is 20.4 Å². The number of para-hydroxylation sites is 1. The van der Waals surface area contributed by atoms with Crippen LogP contribution >= 0.6 is 0 Å². The molecule has 2 heterocycles. The normalized spacial score (nSPS) is 10.8. The molecule has 4 rings (SSSR count). The van der Waals surface area contributed by atoms with Crippen LogP contribution in [-0.4, -0.2) is 25.7 Å². The van der Waals surface area contributed by atoms with Crippen LogP contribution in [0.4, 0.5) is 0 Å². The number of amides is 1. The highest BCUT2D eigenvalue weighted by molar-refractivity contribution is 6.04. The minimum atomic E-state index is -0.424. The first-order valence-electron chi connectivity index (χ1n) is 8.08. The van der Waals surface area contributed by atoms with Crippen LogP contribution in [0.25, 0.3) is 16.7 Å². The van der Waals surface area contributed by atoms with Crippen molar-refractivity contribution in [1.82, 2.24) is 25.1 Å². The summed E-state index contributed by atoms with van der Waals surface area (Å²) < 4.78 is 1.50. The van der Waals surface area contributed by atoms with Crippen molar-refractivity contribution in [3.8, 4) is 5.69 Å². The molecule has 2 N–H and O–H groups in total. The standard InChI is InChI=1S/C19H15N5O2/c25-18-15-16(19(26)20-11-13-7-3-1-4-8-13)23-24(17(15)21-12-22-18)14-9-5-2-6-10-14/h1-10,12H,11H2,(H,20,26)(H,21,22,25). The summed E-state index contributed by atoms with van der Waals surface area (Å²) in [7, 11) is 0. The molecule has 0 unspecified atom stereocenters. The number of aromatic nitrogens is 4. The van der Waals surface area contributed by atoms with Gasteiger partial charge in [0.05, 0.1) is 12.0 Å². The molecule has 0 aliphatic carbocycles. The first-order chi connectivity index (χ1) is 12.7. The molecule has 0 saturated carbocycles. The second kappa shape index (κ2) is 6.64. The first-order valence-corrected chi connectivity index (χ1v) is 8.08. The van der Waals surface area contributed by atoms with Gasteiger partial charge in [0.25, 0.3) is 11.5 Å². The zero-order chi connectivity index (χ0) is 17.9. The van der Waals surface area contributed by atoms with Gasteiger partial charge < -0.3 is 10.3 Å².